The molecule has 21 heavy (non-hydrogen) atoms. The van der Waals surface area contributed by atoms with Gasteiger partial charge in [0.1, 0.15) is 6.61 Å². The largest absolute Gasteiger partial charge is 0.493 e. The van der Waals surface area contributed by atoms with Gasteiger partial charge in [-0.2, -0.15) is 0 Å². The molecule has 1 N–H and O–H groups in total. The third kappa shape index (κ3) is 3.76. The van der Waals surface area contributed by atoms with Crippen molar-refractivity contribution < 1.29 is 14.6 Å². The fourth-order valence-electron chi connectivity index (χ4n) is 2.04. The molecule has 3 heteroatoms. The number of aliphatic hydroxyl groups is 1. The first-order chi connectivity index (χ1) is 10.1. The average Bonchev–Trinajstić information content (AvgIpc) is 2.53. The van der Waals surface area contributed by atoms with Crippen molar-refractivity contribution in [3.63, 3.8) is 0 Å². The van der Waals surface area contributed by atoms with Gasteiger partial charge in [-0.15, -0.1) is 0 Å². The molecule has 0 heterocycles. The molecule has 0 aliphatic rings. The summed E-state index contributed by atoms with van der Waals surface area (Å²) in [6.45, 7) is 4.56. The Balaban J connectivity index is 2.22. The normalized spacial score (nSPS) is 11.2. The molecule has 0 unspecified atom stereocenters. The minimum absolute atomic E-state index is 0.0808. The van der Waals surface area contributed by atoms with E-state index in [2.05, 4.69) is 0 Å². The van der Waals surface area contributed by atoms with E-state index < -0.39 is 0 Å². The van der Waals surface area contributed by atoms with Gasteiger partial charge in [0.2, 0.25) is 0 Å². The first-order valence-electron chi connectivity index (χ1n) is 7.03. The summed E-state index contributed by atoms with van der Waals surface area (Å²) in [6, 6.07) is 15.8. The van der Waals surface area contributed by atoms with Crippen molar-refractivity contribution in [2.75, 3.05) is 13.7 Å². The Kier molecular flexibility index (Phi) is 4.86. The van der Waals surface area contributed by atoms with E-state index in [9.17, 15) is 5.11 Å². The van der Waals surface area contributed by atoms with Crippen molar-refractivity contribution >= 4 is 0 Å². The number of hydrogen-bond donors (Lipinski definition) is 1. The molecule has 0 aromatic heterocycles. The van der Waals surface area contributed by atoms with Crippen molar-refractivity contribution in [3.8, 4) is 11.5 Å². The smallest absolute Gasteiger partial charge is 0.161 e. The van der Waals surface area contributed by atoms with Crippen LogP contribution in [0.1, 0.15) is 25.0 Å². The summed E-state index contributed by atoms with van der Waals surface area (Å²) in [4.78, 5) is 0. The summed E-state index contributed by atoms with van der Waals surface area (Å²) in [5.74, 6) is 1.39. The summed E-state index contributed by atoms with van der Waals surface area (Å²) < 4.78 is 11.2. The molecule has 0 aliphatic carbocycles. The summed E-state index contributed by atoms with van der Waals surface area (Å²) in [5.41, 5.74) is 1.82. The molecule has 0 bridgehead atoms. The highest BCUT2D eigenvalue weighted by molar-refractivity contribution is 5.45. The van der Waals surface area contributed by atoms with E-state index in [4.69, 9.17) is 9.47 Å². The number of rotatable bonds is 6. The molecule has 0 spiro atoms. The monoisotopic (exact) mass is 286 g/mol. The Hall–Kier alpha value is -2.00. The van der Waals surface area contributed by atoms with Crippen molar-refractivity contribution in [3.05, 3.63) is 59.7 Å². The molecule has 0 atom stereocenters. The maximum absolute atomic E-state index is 9.50. The Morgan fingerprint density at radius 3 is 2.33 bits per heavy atom. The average molecular weight is 286 g/mol. The highest BCUT2D eigenvalue weighted by Crippen LogP contribution is 2.33. The molecule has 0 aliphatic heterocycles. The third-order valence-electron chi connectivity index (χ3n) is 3.58. The predicted molar refractivity (Wildman–Crippen MR) is 83.9 cm³/mol. The van der Waals surface area contributed by atoms with Gasteiger partial charge in [0.05, 0.1) is 13.7 Å². The van der Waals surface area contributed by atoms with Crippen LogP contribution < -0.4 is 9.47 Å². The summed E-state index contributed by atoms with van der Waals surface area (Å²) in [5, 5.41) is 9.50. The van der Waals surface area contributed by atoms with E-state index in [1.807, 2.05) is 62.4 Å². The Morgan fingerprint density at radius 2 is 1.71 bits per heavy atom. The second kappa shape index (κ2) is 6.64. The van der Waals surface area contributed by atoms with Gasteiger partial charge in [-0.3, -0.25) is 0 Å². The van der Waals surface area contributed by atoms with Crippen LogP contribution in [0.3, 0.4) is 0 Å². The molecule has 0 amide bonds. The Labute approximate surface area is 126 Å². The van der Waals surface area contributed by atoms with E-state index in [1.165, 1.54) is 0 Å². The first kappa shape index (κ1) is 15.4. The van der Waals surface area contributed by atoms with Crippen LogP contribution in [-0.2, 0) is 12.0 Å². The number of methoxy groups -OCH3 is 1. The van der Waals surface area contributed by atoms with Gasteiger partial charge in [-0.1, -0.05) is 50.2 Å². The van der Waals surface area contributed by atoms with Gasteiger partial charge < -0.3 is 14.6 Å². The molecule has 0 fully saturated rings. The summed E-state index contributed by atoms with van der Waals surface area (Å²) in [6.07, 6.45) is 0. The molecule has 0 saturated carbocycles. The fraction of sp³-hybridized carbons (Fsp3) is 0.333. The van der Waals surface area contributed by atoms with E-state index in [-0.39, 0.29) is 12.0 Å². The van der Waals surface area contributed by atoms with Gasteiger partial charge in [-0.25, -0.2) is 0 Å². The quantitative estimate of drug-likeness (QED) is 0.882. The lowest BCUT2D eigenvalue weighted by atomic mass is 9.85. The zero-order valence-electron chi connectivity index (χ0n) is 12.8. The van der Waals surface area contributed by atoms with Crippen LogP contribution in [0.2, 0.25) is 0 Å². The molecule has 2 aromatic carbocycles. The van der Waals surface area contributed by atoms with Gasteiger partial charge in [-0.05, 0) is 23.3 Å². The van der Waals surface area contributed by atoms with Crippen LogP contribution in [0.15, 0.2) is 48.5 Å². The van der Waals surface area contributed by atoms with Gasteiger partial charge in [0.25, 0.3) is 0 Å². The Bertz CT molecular complexity index is 576. The summed E-state index contributed by atoms with van der Waals surface area (Å²) in [7, 11) is 1.63. The minimum Gasteiger partial charge on any atom is -0.493 e. The van der Waals surface area contributed by atoms with Crippen LogP contribution in [0.4, 0.5) is 0 Å². The molecule has 0 radical (unpaired) electrons. The third-order valence-corrected chi connectivity index (χ3v) is 3.58. The molecule has 2 rings (SSSR count). The molecule has 2 aromatic rings. The molecule has 3 nitrogen and oxygen atoms in total. The van der Waals surface area contributed by atoms with Crippen molar-refractivity contribution in [1.82, 2.24) is 0 Å². The molecule has 0 saturated heterocycles. The lowest BCUT2D eigenvalue weighted by Crippen LogP contribution is -2.22. The maximum atomic E-state index is 9.50. The number of hydrogen-bond acceptors (Lipinski definition) is 3. The van der Waals surface area contributed by atoms with E-state index in [0.717, 1.165) is 11.1 Å². The fourth-order valence-corrected chi connectivity index (χ4v) is 2.04. The van der Waals surface area contributed by atoms with Crippen molar-refractivity contribution in [1.29, 1.82) is 0 Å². The number of aliphatic hydroxyl groups excluding tert-OH is 1. The van der Waals surface area contributed by atoms with E-state index in [0.29, 0.717) is 18.1 Å². The van der Waals surface area contributed by atoms with Gasteiger partial charge in [0.15, 0.2) is 11.5 Å². The standard InChI is InChI=1S/C18H22O3/c1-18(2,13-19)15-9-10-16(20-3)17(11-15)21-12-14-7-5-4-6-8-14/h4-11,19H,12-13H2,1-3H3. The maximum Gasteiger partial charge on any atom is 0.161 e. The second-order valence-corrected chi connectivity index (χ2v) is 5.68. The number of ether oxygens (including phenoxy) is 2. The van der Waals surface area contributed by atoms with Crippen LogP contribution in [0.5, 0.6) is 11.5 Å². The molecular weight excluding hydrogens is 264 g/mol. The highest BCUT2D eigenvalue weighted by Gasteiger charge is 2.21. The lowest BCUT2D eigenvalue weighted by Gasteiger charge is -2.23. The van der Waals surface area contributed by atoms with Crippen LogP contribution in [-0.4, -0.2) is 18.8 Å². The zero-order chi connectivity index (χ0) is 15.3. The van der Waals surface area contributed by atoms with E-state index >= 15 is 0 Å². The van der Waals surface area contributed by atoms with Gasteiger partial charge >= 0.3 is 0 Å². The van der Waals surface area contributed by atoms with E-state index in [1.54, 1.807) is 7.11 Å². The van der Waals surface area contributed by atoms with Crippen LogP contribution in [0, 0.1) is 0 Å². The topological polar surface area (TPSA) is 38.7 Å². The zero-order valence-corrected chi connectivity index (χ0v) is 12.8. The van der Waals surface area contributed by atoms with Crippen LogP contribution >= 0.6 is 0 Å². The molecular formula is C18H22O3. The minimum atomic E-state index is -0.308. The predicted octanol–water partition coefficient (Wildman–Crippen LogP) is 3.54. The highest BCUT2D eigenvalue weighted by atomic mass is 16.5. The summed E-state index contributed by atoms with van der Waals surface area (Å²) >= 11 is 0. The van der Waals surface area contributed by atoms with Gasteiger partial charge in [0, 0.05) is 5.41 Å². The number of benzene rings is 2. The van der Waals surface area contributed by atoms with Crippen molar-refractivity contribution in [2.45, 2.75) is 25.9 Å². The lowest BCUT2D eigenvalue weighted by molar-refractivity contribution is 0.217. The van der Waals surface area contributed by atoms with Crippen molar-refractivity contribution in [2.24, 2.45) is 0 Å². The first-order valence-corrected chi connectivity index (χ1v) is 7.03. The SMILES string of the molecule is COc1ccc(C(C)(C)CO)cc1OCc1ccccc1. The second-order valence-electron chi connectivity index (χ2n) is 5.68. The van der Waals surface area contributed by atoms with Crippen LogP contribution in [0.25, 0.3) is 0 Å². The molecule has 112 valence electrons. The Morgan fingerprint density at radius 1 is 1.00 bits per heavy atom.